The van der Waals surface area contributed by atoms with Gasteiger partial charge in [0, 0.05) is 36.2 Å². The fraction of sp³-hybridized carbons (Fsp3) is 0.286. The highest BCUT2D eigenvalue weighted by Crippen LogP contribution is 2.36. The van der Waals surface area contributed by atoms with Gasteiger partial charge in [0.1, 0.15) is 0 Å². The maximum Gasteiger partial charge on any atom is 0.339 e. The van der Waals surface area contributed by atoms with Crippen LogP contribution in [0.4, 0.5) is 5.69 Å². The lowest BCUT2D eigenvalue weighted by atomic mass is 9.92. The van der Waals surface area contributed by atoms with Gasteiger partial charge >= 0.3 is 5.97 Å². The Morgan fingerprint density at radius 3 is 3.04 bits per heavy atom. The number of hydrogen-bond donors (Lipinski definition) is 0. The SMILES string of the molecule is COCC1OC(=O)c2cc3c(cc21)CCN(c1ccc2ccsc2c1)C3. The Labute approximate surface area is 156 Å². The molecule has 2 aliphatic heterocycles. The van der Waals surface area contributed by atoms with Gasteiger partial charge in [0.15, 0.2) is 6.10 Å². The highest BCUT2D eigenvalue weighted by molar-refractivity contribution is 7.17. The molecule has 2 aliphatic rings. The van der Waals surface area contributed by atoms with Crippen LogP contribution in [0.1, 0.15) is 33.2 Å². The first kappa shape index (κ1) is 15.9. The van der Waals surface area contributed by atoms with Crippen LogP contribution >= 0.6 is 11.3 Å². The van der Waals surface area contributed by atoms with Gasteiger partial charge in [-0.2, -0.15) is 0 Å². The molecule has 0 saturated carbocycles. The van der Waals surface area contributed by atoms with Gasteiger partial charge in [-0.25, -0.2) is 4.79 Å². The molecule has 3 heterocycles. The van der Waals surface area contributed by atoms with E-state index < -0.39 is 0 Å². The van der Waals surface area contributed by atoms with Crippen LogP contribution in [0.3, 0.4) is 0 Å². The van der Waals surface area contributed by atoms with E-state index in [0.29, 0.717) is 12.2 Å². The average Bonchev–Trinajstić information content (AvgIpc) is 3.24. The van der Waals surface area contributed by atoms with E-state index in [9.17, 15) is 4.79 Å². The van der Waals surface area contributed by atoms with Gasteiger partial charge in [-0.15, -0.1) is 11.3 Å². The molecular weight excluding hydrogens is 346 g/mol. The van der Waals surface area contributed by atoms with Crippen molar-refractivity contribution in [2.24, 2.45) is 0 Å². The molecule has 26 heavy (non-hydrogen) atoms. The number of methoxy groups -OCH3 is 1. The molecule has 0 spiro atoms. The molecule has 2 aromatic carbocycles. The van der Waals surface area contributed by atoms with Crippen molar-refractivity contribution in [3.63, 3.8) is 0 Å². The summed E-state index contributed by atoms with van der Waals surface area (Å²) in [5.74, 6) is -0.234. The standard InChI is InChI=1S/C21H19NO3S/c1-24-12-19-17-8-14-4-6-22(11-15(14)9-18(17)21(23)25-19)16-3-2-13-5-7-26-20(13)10-16/h2-3,5,7-10,19H,4,6,11-12H2,1H3. The lowest BCUT2D eigenvalue weighted by Crippen LogP contribution is -2.30. The lowest BCUT2D eigenvalue weighted by Gasteiger charge is -2.31. The second kappa shape index (κ2) is 6.11. The monoisotopic (exact) mass is 365 g/mol. The van der Waals surface area contributed by atoms with Crippen LogP contribution in [0.15, 0.2) is 41.8 Å². The minimum Gasteiger partial charge on any atom is -0.451 e. The van der Waals surface area contributed by atoms with Crippen LogP contribution in [0.2, 0.25) is 0 Å². The Hall–Kier alpha value is -2.37. The summed E-state index contributed by atoms with van der Waals surface area (Å²) in [6.07, 6.45) is 0.700. The Balaban J connectivity index is 1.47. The number of hydrogen-bond acceptors (Lipinski definition) is 5. The molecule has 0 radical (unpaired) electrons. The minimum atomic E-state index is -0.271. The molecule has 5 heteroatoms. The molecule has 0 saturated heterocycles. The Bertz CT molecular complexity index is 1010. The van der Waals surface area contributed by atoms with E-state index in [0.717, 1.165) is 25.1 Å². The zero-order valence-electron chi connectivity index (χ0n) is 14.5. The summed E-state index contributed by atoms with van der Waals surface area (Å²) < 4.78 is 12.0. The molecule has 0 bridgehead atoms. The Morgan fingerprint density at radius 1 is 1.23 bits per heavy atom. The quantitative estimate of drug-likeness (QED) is 0.648. The van der Waals surface area contributed by atoms with E-state index in [-0.39, 0.29) is 12.1 Å². The van der Waals surface area contributed by atoms with E-state index in [2.05, 4.69) is 40.6 Å². The first-order valence-corrected chi connectivity index (χ1v) is 9.69. The number of rotatable bonds is 3. The van der Waals surface area contributed by atoms with Crippen LogP contribution in [-0.4, -0.2) is 26.2 Å². The molecule has 132 valence electrons. The summed E-state index contributed by atoms with van der Waals surface area (Å²) in [5.41, 5.74) is 5.45. The second-order valence-electron chi connectivity index (χ2n) is 6.87. The van der Waals surface area contributed by atoms with Crippen molar-refractivity contribution in [1.29, 1.82) is 0 Å². The van der Waals surface area contributed by atoms with Crippen molar-refractivity contribution in [2.45, 2.75) is 19.1 Å². The van der Waals surface area contributed by atoms with Crippen LogP contribution in [0.5, 0.6) is 0 Å². The number of benzene rings is 2. The lowest BCUT2D eigenvalue weighted by molar-refractivity contribution is 0.0152. The molecule has 4 nitrogen and oxygen atoms in total. The van der Waals surface area contributed by atoms with Gasteiger partial charge < -0.3 is 14.4 Å². The number of carbonyl (C=O) groups excluding carboxylic acids is 1. The first-order valence-electron chi connectivity index (χ1n) is 8.81. The number of carbonyl (C=O) groups is 1. The number of anilines is 1. The summed E-state index contributed by atoms with van der Waals surface area (Å²) >= 11 is 1.77. The highest BCUT2D eigenvalue weighted by Gasteiger charge is 2.33. The molecule has 1 unspecified atom stereocenters. The largest absolute Gasteiger partial charge is 0.451 e. The second-order valence-corrected chi connectivity index (χ2v) is 7.82. The number of fused-ring (bicyclic) bond motifs is 3. The molecule has 1 atom stereocenters. The zero-order chi connectivity index (χ0) is 17.7. The third-order valence-electron chi connectivity index (χ3n) is 5.32. The molecule has 0 amide bonds. The summed E-state index contributed by atoms with van der Waals surface area (Å²) in [5, 5.41) is 3.42. The van der Waals surface area contributed by atoms with Crippen molar-refractivity contribution in [3.8, 4) is 0 Å². The smallest absolute Gasteiger partial charge is 0.339 e. The van der Waals surface area contributed by atoms with E-state index in [1.807, 2.05) is 6.07 Å². The van der Waals surface area contributed by atoms with Gasteiger partial charge in [0.05, 0.1) is 12.2 Å². The maximum atomic E-state index is 12.2. The number of esters is 1. The summed E-state index contributed by atoms with van der Waals surface area (Å²) in [6.45, 7) is 2.21. The first-order chi connectivity index (χ1) is 12.7. The zero-order valence-corrected chi connectivity index (χ0v) is 15.3. The van der Waals surface area contributed by atoms with Crippen molar-refractivity contribution in [3.05, 3.63) is 64.0 Å². The predicted octanol–water partition coefficient (Wildman–Crippen LogP) is 4.32. The maximum absolute atomic E-state index is 12.2. The minimum absolute atomic E-state index is 0.234. The Kier molecular flexibility index (Phi) is 3.72. The van der Waals surface area contributed by atoms with E-state index in [4.69, 9.17) is 9.47 Å². The van der Waals surface area contributed by atoms with Crippen molar-refractivity contribution >= 4 is 33.1 Å². The summed E-state index contributed by atoms with van der Waals surface area (Å²) in [4.78, 5) is 14.6. The van der Waals surface area contributed by atoms with Crippen LogP contribution in [-0.2, 0) is 22.4 Å². The Morgan fingerprint density at radius 2 is 2.15 bits per heavy atom. The number of ether oxygens (including phenoxy) is 2. The van der Waals surface area contributed by atoms with Crippen LogP contribution in [0, 0.1) is 0 Å². The van der Waals surface area contributed by atoms with Crippen molar-refractivity contribution < 1.29 is 14.3 Å². The third-order valence-corrected chi connectivity index (χ3v) is 6.20. The molecule has 0 N–H and O–H groups in total. The van der Waals surface area contributed by atoms with Gasteiger partial charge in [0.25, 0.3) is 0 Å². The number of nitrogens with zero attached hydrogens (tertiary/aromatic N) is 1. The van der Waals surface area contributed by atoms with Gasteiger partial charge in [-0.1, -0.05) is 12.1 Å². The highest BCUT2D eigenvalue weighted by atomic mass is 32.1. The summed E-state index contributed by atoms with van der Waals surface area (Å²) in [7, 11) is 1.63. The molecule has 1 aromatic heterocycles. The molecule has 3 aromatic rings. The van der Waals surface area contributed by atoms with Gasteiger partial charge in [-0.3, -0.25) is 0 Å². The van der Waals surface area contributed by atoms with Crippen molar-refractivity contribution in [1.82, 2.24) is 0 Å². The predicted molar refractivity (Wildman–Crippen MR) is 103 cm³/mol. The molecular formula is C21H19NO3S. The van der Waals surface area contributed by atoms with Crippen molar-refractivity contribution in [2.75, 3.05) is 25.2 Å². The third kappa shape index (κ3) is 2.50. The number of cyclic esters (lactones) is 1. The normalized spacial score (nSPS) is 18.7. The van der Waals surface area contributed by atoms with E-state index in [1.165, 1.54) is 26.9 Å². The van der Waals surface area contributed by atoms with Crippen LogP contribution in [0.25, 0.3) is 10.1 Å². The van der Waals surface area contributed by atoms with E-state index in [1.54, 1.807) is 18.4 Å². The fourth-order valence-electron chi connectivity index (χ4n) is 3.96. The molecule has 5 rings (SSSR count). The number of thiophene rings is 1. The van der Waals surface area contributed by atoms with Gasteiger partial charge in [0.2, 0.25) is 0 Å². The summed E-state index contributed by atoms with van der Waals surface area (Å²) in [6, 6.07) is 13.0. The van der Waals surface area contributed by atoms with E-state index >= 15 is 0 Å². The fourth-order valence-corrected chi connectivity index (χ4v) is 4.79. The topological polar surface area (TPSA) is 38.8 Å². The average molecular weight is 365 g/mol. The molecule has 0 aliphatic carbocycles. The molecule has 0 fully saturated rings. The van der Waals surface area contributed by atoms with Crippen LogP contribution < -0.4 is 4.90 Å². The van der Waals surface area contributed by atoms with Gasteiger partial charge in [-0.05, 0) is 52.6 Å².